The van der Waals surface area contributed by atoms with Gasteiger partial charge in [-0.1, -0.05) is 11.6 Å². The fraction of sp³-hybridized carbons (Fsp3) is 0.375. The number of benzene rings is 1. The molecule has 0 saturated carbocycles. The van der Waals surface area contributed by atoms with Crippen molar-refractivity contribution in [2.45, 2.75) is 6.42 Å². The van der Waals surface area contributed by atoms with E-state index in [1.165, 1.54) is 6.07 Å². The van der Waals surface area contributed by atoms with Crippen molar-refractivity contribution in [1.82, 2.24) is 14.9 Å². The van der Waals surface area contributed by atoms with Gasteiger partial charge in [-0.15, -0.1) is 0 Å². The van der Waals surface area contributed by atoms with Crippen LogP contribution in [-0.4, -0.2) is 53.0 Å². The Labute approximate surface area is 168 Å². The lowest BCUT2D eigenvalue weighted by Crippen LogP contribution is -2.29. The van der Waals surface area contributed by atoms with Crippen molar-refractivity contribution in [3.63, 3.8) is 0 Å². The molecule has 144 valence electrons. The fourth-order valence-electron chi connectivity index (χ4n) is 2.92. The molecule has 0 spiro atoms. The van der Waals surface area contributed by atoms with Crippen molar-refractivity contribution >= 4 is 50.4 Å². The number of anilines is 3. The van der Waals surface area contributed by atoms with Gasteiger partial charge in [0.15, 0.2) is 0 Å². The van der Waals surface area contributed by atoms with E-state index in [1.807, 2.05) is 7.05 Å². The summed E-state index contributed by atoms with van der Waals surface area (Å²) in [6.07, 6.45) is 2.06. The summed E-state index contributed by atoms with van der Waals surface area (Å²) in [6, 6.07) is 2.95. The molecule has 1 aliphatic rings. The van der Waals surface area contributed by atoms with E-state index in [4.69, 9.17) is 11.6 Å². The molecule has 1 aromatic heterocycles. The molecule has 1 aliphatic heterocycles. The molecule has 27 heavy (non-hydrogen) atoms. The summed E-state index contributed by atoms with van der Waals surface area (Å²) in [5, 5.41) is 14.0. The summed E-state index contributed by atoms with van der Waals surface area (Å²) in [5.41, 5.74) is 0.668. The molecule has 2 heterocycles. The van der Waals surface area contributed by atoms with E-state index in [-0.39, 0.29) is 15.4 Å². The Bertz CT molecular complexity index is 871. The van der Waals surface area contributed by atoms with Crippen molar-refractivity contribution in [3.05, 3.63) is 44.0 Å². The maximum absolute atomic E-state index is 14.2. The number of hydrogen-bond donors (Lipinski definition) is 1. The van der Waals surface area contributed by atoms with Crippen LogP contribution in [0.25, 0.3) is 0 Å². The van der Waals surface area contributed by atoms with E-state index >= 15 is 0 Å². The molecule has 0 bridgehead atoms. The Kier molecular flexibility index (Phi) is 6.08. The number of hydrogen-bond acceptors (Lipinski definition) is 7. The topological polar surface area (TPSA) is 87.4 Å². The SMILES string of the molecule is CN1CCCN(c2cc(F)c(Br)cc2Nc2ncnc(Cl)c2[N+](=O)[O-])CC1. The molecular weight excluding hydrogens is 443 g/mol. The van der Waals surface area contributed by atoms with Gasteiger partial charge >= 0.3 is 5.69 Å². The molecule has 0 unspecified atom stereocenters. The maximum Gasteiger partial charge on any atom is 0.348 e. The lowest BCUT2D eigenvalue weighted by Gasteiger charge is -2.26. The molecule has 1 N–H and O–H groups in total. The fourth-order valence-corrected chi connectivity index (χ4v) is 3.47. The van der Waals surface area contributed by atoms with Crippen LogP contribution >= 0.6 is 27.5 Å². The predicted octanol–water partition coefficient (Wildman–Crippen LogP) is 3.83. The van der Waals surface area contributed by atoms with Gasteiger partial charge < -0.3 is 15.1 Å². The van der Waals surface area contributed by atoms with Gasteiger partial charge in [0.2, 0.25) is 11.0 Å². The number of likely N-dealkylation sites (N-methyl/N-ethyl adjacent to an activating group) is 1. The highest BCUT2D eigenvalue weighted by molar-refractivity contribution is 9.10. The van der Waals surface area contributed by atoms with Crippen LogP contribution in [-0.2, 0) is 0 Å². The highest BCUT2D eigenvalue weighted by Gasteiger charge is 2.24. The van der Waals surface area contributed by atoms with Crippen molar-refractivity contribution < 1.29 is 9.31 Å². The Hall–Kier alpha value is -2.04. The molecule has 0 aliphatic carbocycles. The maximum atomic E-state index is 14.2. The average molecular weight is 460 g/mol. The van der Waals surface area contributed by atoms with E-state index in [1.54, 1.807) is 6.07 Å². The first-order chi connectivity index (χ1) is 12.9. The summed E-state index contributed by atoms with van der Waals surface area (Å²) in [4.78, 5) is 22.5. The first kappa shape index (κ1) is 19.7. The van der Waals surface area contributed by atoms with Gasteiger partial charge in [0.1, 0.15) is 12.1 Å². The highest BCUT2D eigenvalue weighted by Crippen LogP contribution is 2.37. The number of nitrogens with one attached hydrogen (secondary N) is 1. The molecule has 1 fully saturated rings. The third-order valence-electron chi connectivity index (χ3n) is 4.31. The minimum absolute atomic E-state index is 0.0494. The van der Waals surface area contributed by atoms with Crippen molar-refractivity contribution in [3.8, 4) is 0 Å². The summed E-state index contributed by atoms with van der Waals surface area (Å²) in [6.45, 7) is 3.23. The molecule has 8 nitrogen and oxygen atoms in total. The van der Waals surface area contributed by atoms with E-state index in [0.29, 0.717) is 17.9 Å². The minimum atomic E-state index is -0.649. The van der Waals surface area contributed by atoms with Crippen LogP contribution < -0.4 is 10.2 Å². The predicted molar refractivity (Wildman–Crippen MR) is 105 cm³/mol. The molecule has 2 aromatic rings. The highest BCUT2D eigenvalue weighted by atomic mass is 79.9. The smallest absolute Gasteiger partial charge is 0.348 e. The third kappa shape index (κ3) is 4.45. The van der Waals surface area contributed by atoms with Crippen LogP contribution in [0.5, 0.6) is 0 Å². The zero-order valence-electron chi connectivity index (χ0n) is 14.5. The number of halogens is 3. The second-order valence-electron chi connectivity index (χ2n) is 6.17. The van der Waals surface area contributed by atoms with Gasteiger partial charge in [0.05, 0.1) is 20.8 Å². The van der Waals surface area contributed by atoms with Crippen LogP contribution in [0.2, 0.25) is 5.15 Å². The van der Waals surface area contributed by atoms with Crippen LogP contribution in [0.4, 0.5) is 27.3 Å². The number of aromatic nitrogens is 2. The largest absolute Gasteiger partial charge is 0.368 e. The number of rotatable bonds is 4. The van der Waals surface area contributed by atoms with E-state index in [2.05, 4.69) is 41.0 Å². The molecule has 0 radical (unpaired) electrons. The molecule has 0 amide bonds. The van der Waals surface area contributed by atoms with Crippen LogP contribution in [0.1, 0.15) is 6.42 Å². The minimum Gasteiger partial charge on any atom is -0.368 e. The van der Waals surface area contributed by atoms with E-state index < -0.39 is 16.4 Å². The van der Waals surface area contributed by atoms with E-state index in [0.717, 1.165) is 32.4 Å². The molecule has 0 atom stereocenters. The Morgan fingerprint density at radius 1 is 1.30 bits per heavy atom. The van der Waals surface area contributed by atoms with Crippen molar-refractivity contribution in [2.24, 2.45) is 0 Å². The molecular formula is C16H17BrClFN6O2. The van der Waals surface area contributed by atoms with Crippen LogP contribution in [0, 0.1) is 15.9 Å². The summed E-state index contributed by atoms with van der Waals surface area (Å²) in [5.74, 6) is -0.463. The van der Waals surface area contributed by atoms with Gasteiger partial charge in [0, 0.05) is 25.7 Å². The summed E-state index contributed by atoms with van der Waals surface area (Å²) in [7, 11) is 2.04. The number of nitrogens with zero attached hydrogens (tertiary/aromatic N) is 5. The second-order valence-corrected chi connectivity index (χ2v) is 7.38. The Morgan fingerprint density at radius 3 is 2.81 bits per heavy atom. The van der Waals surface area contributed by atoms with Gasteiger partial charge in [0.25, 0.3) is 0 Å². The van der Waals surface area contributed by atoms with E-state index in [9.17, 15) is 14.5 Å². The Balaban J connectivity index is 2.02. The van der Waals surface area contributed by atoms with Gasteiger partial charge in [-0.2, -0.15) is 0 Å². The monoisotopic (exact) mass is 458 g/mol. The zero-order chi connectivity index (χ0) is 19.6. The first-order valence-electron chi connectivity index (χ1n) is 8.21. The standard InChI is InChI=1S/C16H17BrClFN6O2/c1-23-3-2-4-24(6-5-23)13-8-11(19)10(17)7-12(13)22-16-14(25(26)27)15(18)20-9-21-16/h7-9H,2-6H2,1H3,(H,20,21,22). The lowest BCUT2D eigenvalue weighted by atomic mass is 10.2. The quantitative estimate of drug-likeness (QED) is 0.422. The molecule has 1 aromatic carbocycles. The van der Waals surface area contributed by atoms with Crippen LogP contribution in [0.15, 0.2) is 22.9 Å². The summed E-state index contributed by atoms with van der Waals surface area (Å²) >= 11 is 9.03. The summed E-state index contributed by atoms with van der Waals surface area (Å²) < 4.78 is 14.5. The number of nitro groups is 1. The molecule has 3 rings (SSSR count). The first-order valence-corrected chi connectivity index (χ1v) is 9.38. The molecule has 1 saturated heterocycles. The van der Waals surface area contributed by atoms with Crippen molar-refractivity contribution in [1.29, 1.82) is 0 Å². The van der Waals surface area contributed by atoms with Crippen LogP contribution in [0.3, 0.4) is 0 Å². The van der Waals surface area contributed by atoms with Gasteiger partial charge in [-0.05, 0) is 42.0 Å². The average Bonchev–Trinajstić information content (AvgIpc) is 2.82. The van der Waals surface area contributed by atoms with Gasteiger partial charge in [-0.3, -0.25) is 10.1 Å². The zero-order valence-corrected chi connectivity index (χ0v) is 16.8. The van der Waals surface area contributed by atoms with Gasteiger partial charge in [-0.25, -0.2) is 14.4 Å². The lowest BCUT2D eigenvalue weighted by molar-refractivity contribution is -0.384. The van der Waals surface area contributed by atoms with Crippen molar-refractivity contribution in [2.75, 3.05) is 43.4 Å². The third-order valence-corrected chi connectivity index (χ3v) is 5.20. The second kappa shape index (κ2) is 8.32. The Morgan fingerprint density at radius 2 is 2.07 bits per heavy atom. The molecule has 11 heteroatoms. The normalized spacial score (nSPS) is 15.5.